The molecule has 7 nitrogen and oxygen atoms in total. The second kappa shape index (κ2) is 8.45. The molecule has 1 aliphatic heterocycles. The molecule has 0 fully saturated rings. The zero-order valence-corrected chi connectivity index (χ0v) is 17.9. The second-order valence-electron chi connectivity index (χ2n) is 7.40. The number of nitrogens with zero attached hydrogens (tertiary/aromatic N) is 2. The quantitative estimate of drug-likeness (QED) is 0.571. The van der Waals surface area contributed by atoms with Crippen LogP contribution in [0.3, 0.4) is 0 Å². The van der Waals surface area contributed by atoms with E-state index in [0.717, 1.165) is 5.56 Å². The average Bonchev–Trinajstić information content (AvgIpc) is 2.97. The molecule has 0 spiro atoms. The molecule has 0 bridgehead atoms. The van der Waals surface area contributed by atoms with Crippen LogP contribution in [-0.2, 0) is 29.9 Å². The topological polar surface area (TPSA) is 112 Å². The summed E-state index contributed by atoms with van der Waals surface area (Å²) in [4.78, 5) is 13.2. The minimum atomic E-state index is -3.91. The summed E-state index contributed by atoms with van der Waals surface area (Å²) in [6.45, 7) is 3.40. The van der Waals surface area contributed by atoms with Crippen molar-refractivity contribution in [2.24, 2.45) is 7.05 Å². The molecule has 8 heteroatoms. The van der Waals surface area contributed by atoms with Crippen molar-refractivity contribution in [3.05, 3.63) is 52.3 Å². The zero-order chi connectivity index (χ0) is 22.1. The van der Waals surface area contributed by atoms with Gasteiger partial charge in [0.2, 0.25) is 10.0 Å². The summed E-state index contributed by atoms with van der Waals surface area (Å²) in [5.41, 5.74) is 2.80. The minimum Gasteiger partial charge on any atom is -0.379 e. The zero-order valence-electron chi connectivity index (χ0n) is 17.1. The van der Waals surface area contributed by atoms with E-state index in [1.54, 1.807) is 32.2 Å². The number of fused-ring (bicyclic) bond motifs is 1. The summed E-state index contributed by atoms with van der Waals surface area (Å²) < 4.78 is 29.7. The first-order valence-electron chi connectivity index (χ1n) is 9.51. The number of aromatic nitrogens is 1. The van der Waals surface area contributed by atoms with Crippen LogP contribution in [0.1, 0.15) is 46.1 Å². The molecule has 0 saturated heterocycles. The highest BCUT2D eigenvalue weighted by Gasteiger charge is 2.34. The highest BCUT2D eigenvalue weighted by Crippen LogP contribution is 2.29. The lowest BCUT2D eigenvalue weighted by molar-refractivity contribution is 0.0984. The lowest BCUT2D eigenvalue weighted by Crippen LogP contribution is -2.41. The number of sulfonamides is 1. The number of nitrogens with one attached hydrogen (secondary N) is 1. The maximum absolute atomic E-state index is 13.1. The van der Waals surface area contributed by atoms with Crippen LogP contribution >= 0.6 is 0 Å². The number of hydrogen-bond donors (Lipinski definition) is 2. The Kier molecular flexibility index (Phi) is 6.14. The van der Waals surface area contributed by atoms with Crippen molar-refractivity contribution in [3.8, 4) is 17.9 Å². The van der Waals surface area contributed by atoms with Gasteiger partial charge in [-0.25, -0.2) is 13.1 Å². The number of aliphatic hydroxyl groups is 1. The Morgan fingerprint density at radius 3 is 2.83 bits per heavy atom. The van der Waals surface area contributed by atoms with E-state index in [1.807, 2.05) is 6.92 Å². The lowest BCUT2D eigenvalue weighted by Gasteiger charge is -2.17. The Labute approximate surface area is 176 Å². The number of hydrogen-bond acceptors (Lipinski definition) is 5. The number of Topliss-reactive ketones (excluding diaryl/α,β-unsaturated/α-hetero) is 1. The summed E-state index contributed by atoms with van der Waals surface area (Å²) in [7, 11) is -2.27. The number of nitriles is 1. The number of rotatable bonds is 4. The number of carbonyl (C=O) groups excluding carboxylic acids is 1. The highest BCUT2D eigenvalue weighted by molar-refractivity contribution is 7.89. The monoisotopic (exact) mass is 425 g/mol. The summed E-state index contributed by atoms with van der Waals surface area (Å²) in [5, 5.41) is 19.4. The third-order valence-electron chi connectivity index (χ3n) is 5.27. The molecule has 0 aliphatic carbocycles. The SMILES string of the molecule is CC#C[C@H](O)[C@@H]1CCc2c(cn(C)c2C(=O)Cc2ccc(C)c(C#N)c2)S(=O)(=O)N1. The molecule has 2 N–H and O–H groups in total. The number of ketones is 1. The predicted octanol–water partition coefficient (Wildman–Crippen LogP) is 1.61. The number of carbonyl (C=O) groups is 1. The Bertz CT molecular complexity index is 1210. The van der Waals surface area contributed by atoms with Gasteiger partial charge in [-0.3, -0.25) is 4.79 Å². The van der Waals surface area contributed by atoms with Crippen LogP contribution in [0.25, 0.3) is 0 Å². The first-order chi connectivity index (χ1) is 14.2. The van der Waals surface area contributed by atoms with Crippen molar-refractivity contribution in [2.75, 3.05) is 0 Å². The molecule has 2 heterocycles. The van der Waals surface area contributed by atoms with Gasteiger partial charge in [-0.05, 0) is 43.9 Å². The van der Waals surface area contributed by atoms with E-state index >= 15 is 0 Å². The summed E-state index contributed by atoms with van der Waals surface area (Å²) in [6, 6.07) is 6.63. The molecule has 1 aliphatic rings. The molecule has 2 atom stereocenters. The Balaban J connectivity index is 1.96. The van der Waals surface area contributed by atoms with Crippen LogP contribution in [0.4, 0.5) is 0 Å². The maximum Gasteiger partial charge on any atom is 0.242 e. The van der Waals surface area contributed by atoms with Gasteiger partial charge in [-0.15, -0.1) is 5.92 Å². The van der Waals surface area contributed by atoms with Gasteiger partial charge in [0.05, 0.1) is 23.4 Å². The van der Waals surface area contributed by atoms with E-state index in [0.29, 0.717) is 35.2 Å². The number of aryl methyl sites for hydroxylation is 2. The fourth-order valence-corrected chi connectivity index (χ4v) is 5.34. The van der Waals surface area contributed by atoms with Crippen LogP contribution in [-0.4, -0.2) is 36.0 Å². The third kappa shape index (κ3) is 4.17. The summed E-state index contributed by atoms with van der Waals surface area (Å²) in [6.07, 6.45) is 0.989. The Morgan fingerprint density at radius 1 is 1.43 bits per heavy atom. The molecule has 0 saturated carbocycles. The molecule has 156 valence electrons. The van der Waals surface area contributed by atoms with E-state index in [1.165, 1.54) is 10.8 Å². The van der Waals surface area contributed by atoms with Gasteiger partial charge < -0.3 is 9.67 Å². The van der Waals surface area contributed by atoms with Crippen molar-refractivity contribution in [2.45, 2.75) is 50.2 Å². The highest BCUT2D eigenvalue weighted by atomic mass is 32.2. The van der Waals surface area contributed by atoms with Gasteiger partial charge in [0, 0.05) is 25.2 Å². The smallest absolute Gasteiger partial charge is 0.242 e. The molecule has 0 unspecified atom stereocenters. The Morgan fingerprint density at radius 2 is 2.17 bits per heavy atom. The third-order valence-corrected chi connectivity index (χ3v) is 6.82. The maximum atomic E-state index is 13.1. The summed E-state index contributed by atoms with van der Waals surface area (Å²) in [5.74, 6) is 4.94. The second-order valence-corrected chi connectivity index (χ2v) is 9.08. The van der Waals surface area contributed by atoms with Crippen LogP contribution in [0.5, 0.6) is 0 Å². The van der Waals surface area contributed by atoms with Crippen molar-refractivity contribution in [3.63, 3.8) is 0 Å². The molecular weight excluding hydrogens is 402 g/mol. The predicted molar refractivity (Wildman–Crippen MR) is 111 cm³/mol. The lowest BCUT2D eigenvalue weighted by atomic mass is 9.97. The molecular formula is C22H23N3O4S. The van der Waals surface area contributed by atoms with Crippen molar-refractivity contribution in [1.29, 1.82) is 5.26 Å². The van der Waals surface area contributed by atoms with Gasteiger partial charge in [0.1, 0.15) is 11.0 Å². The van der Waals surface area contributed by atoms with E-state index in [2.05, 4.69) is 22.6 Å². The van der Waals surface area contributed by atoms with Crippen LogP contribution in [0.2, 0.25) is 0 Å². The fraction of sp³-hybridized carbons (Fsp3) is 0.364. The molecule has 0 amide bonds. The fourth-order valence-electron chi connectivity index (χ4n) is 3.75. The van der Waals surface area contributed by atoms with Gasteiger partial charge in [0.15, 0.2) is 5.78 Å². The average molecular weight is 426 g/mol. The van der Waals surface area contributed by atoms with Crippen LogP contribution in [0.15, 0.2) is 29.3 Å². The van der Waals surface area contributed by atoms with Crippen molar-refractivity contribution in [1.82, 2.24) is 9.29 Å². The molecule has 2 aromatic rings. The van der Waals surface area contributed by atoms with Gasteiger partial charge >= 0.3 is 0 Å². The van der Waals surface area contributed by atoms with Crippen LogP contribution in [0, 0.1) is 30.1 Å². The van der Waals surface area contributed by atoms with Crippen molar-refractivity contribution < 1.29 is 18.3 Å². The minimum absolute atomic E-state index is 0.0501. The van der Waals surface area contributed by atoms with E-state index in [9.17, 15) is 23.6 Å². The molecule has 1 aromatic carbocycles. The Hall–Kier alpha value is -2.91. The van der Waals surface area contributed by atoms with Gasteiger partial charge in [-0.1, -0.05) is 18.1 Å². The van der Waals surface area contributed by atoms with E-state index in [4.69, 9.17) is 0 Å². The van der Waals surface area contributed by atoms with Gasteiger partial charge in [0.25, 0.3) is 0 Å². The molecule has 1 aromatic heterocycles. The standard InChI is InChI=1S/C22H23N3O4S/c1-4-5-19(26)18-9-8-17-21(30(28,29)24-18)13-25(3)22(17)20(27)11-15-7-6-14(2)16(10-15)12-23/h6-7,10,13,18-19,24,26H,8-9,11H2,1-3H3/t18-,19-/m0/s1. The van der Waals surface area contributed by atoms with Crippen LogP contribution < -0.4 is 4.72 Å². The van der Waals surface area contributed by atoms with E-state index < -0.39 is 22.2 Å². The van der Waals surface area contributed by atoms with Crippen molar-refractivity contribution >= 4 is 15.8 Å². The molecule has 30 heavy (non-hydrogen) atoms. The molecule has 3 rings (SSSR count). The number of benzene rings is 1. The first-order valence-corrected chi connectivity index (χ1v) is 11.0. The summed E-state index contributed by atoms with van der Waals surface area (Å²) >= 11 is 0. The molecule has 0 radical (unpaired) electrons. The van der Waals surface area contributed by atoms with E-state index in [-0.39, 0.29) is 17.1 Å². The normalized spacial score (nSPS) is 18.3. The number of aliphatic hydroxyl groups excluding tert-OH is 1. The van der Waals surface area contributed by atoms with Gasteiger partial charge in [-0.2, -0.15) is 5.26 Å². The first kappa shape index (κ1) is 21.8. The largest absolute Gasteiger partial charge is 0.379 e.